The lowest BCUT2D eigenvalue weighted by Gasteiger charge is -2.22. The number of rotatable bonds is 4. The standard InChI is InChI=1S/C17H17NO4/c1-18(17(19)12-22-14-5-3-2-4-6-14)13-7-8-15-16(11-13)21-10-9-20-15/h2-8,11H,9-10,12H2,1H3. The highest BCUT2D eigenvalue weighted by atomic mass is 16.6. The van der Waals surface area contributed by atoms with E-state index in [1.807, 2.05) is 42.5 Å². The smallest absolute Gasteiger partial charge is 0.264 e. The number of hydrogen-bond acceptors (Lipinski definition) is 4. The van der Waals surface area contributed by atoms with Crippen LogP contribution in [0.25, 0.3) is 0 Å². The monoisotopic (exact) mass is 299 g/mol. The number of para-hydroxylation sites is 1. The number of nitrogens with zero attached hydrogens (tertiary/aromatic N) is 1. The summed E-state index contributed by atoms with van der Waals surface area (Å²) in [6.07, 6.45) is 0. The van der Waals surface area contributed by atoms with E-state index >= 15 is 0 Å². The largest absolute Gasteiger partial charge is 0.486 e. The Morgan fingerprint density at radius 2 is 1.82 bits per heavy atom. The first-order valence-electron chi connectivity index (χ1n) is 7.08. The number of carbonyl (C=O) groups is 1. The molecule has 114 valence electrons. The van der Waals surface area contributed by atoms with Gasteiger partial charge in [0.05, 0.1) is 0 Å². The van der Waals surface area contributed by atoms with Crippen molar-refractivity contribution in [2.24, 2.45) is 0 Å². The normalized spacial score (nSPS) is 12.6. The van der Waals surface area contributed by atoms with Gasteiger partial charge in [-0.05, 0) is 24.3 Å². The molecular formula is C17H17NO4. The Hall–Kier alpha value is -2.69. The number of fused-ring (bicyclic) bond motifs is 1. The molecule has 2 aromatic rings. The van der Waals surface area contributed by atoms with Crippen LogP contribution in [0.4, 0.5) is 5.69 Å². The van der Waals surface area contributed by atoms with Crippen molar-refractivity contribution in [2.45, 2.75) is 0 Å². The first-order valence-corrected chi connectivity index (χ1v) is 7.08. The fourth-order valence-corrected chi connectivity index (χ4v) is 2.14. The van der Waals surface area contributed by atoms with E-state index in [-0.39, 0.29) is 12.5 Å². The molecule has 5 nitrogen and oxygen atoms in total. The van der Waals surface area contributed by atoms with Crippen LogP contribution >= 0.6 is 0 Å². The Balaban J connectivity index is 1.65. The van der Waals surface area contributed by atoms with Gasteiger partial charge in [0.15, 0.2) is 18.1 Å². The first kappa shape index (κ1) is 14.3. The van der Waals surface area contributed by atoms with Crippen LogP contribution in [0, 0.1) is 0 Å². The molecule has 1 heterocycles. The van der Waals surface area contributed by atoms with Crippen molar-refractivity contribution >= 4 is 11.6 Å². The molecule has 5 heteroatoms. The fraction of sp³-hybridized carbons (Fsp3) is 0.235. The molecule has 0 atom stereocenters. The Bertz CT molecular complexity index is 657. The molecule has 0 aromatic heterocycles. The second-order valence-corrected chi connectivity index (χ2v) is 4.88. The number of anilines is 1. The quantitative estimate of drug-likeness (QED) is 0.870. The predicted molar refractivity (Wildman–Crippen MR) is 82.8 cm³/mol. The third-order valence-corrected chi connectivity index (χ3v) is 3.39. The second kappa shape index (κ2) is 6.39. The summed E-state index contributed by atoms with van der Waals surface area (Å²) in [4.78, 5) is 13.8. The van der Waals surface area contributed by atoms with Gasteiger partial charge in [-0.2, -0.15) is 0 Å². The average Bonchev–Trinajstić information content (AvgIpc) is 2.59. The van der Waals surface area contributed by atoms with E-state index in [0.717, 1.165) is 5.69 Å². The summed E-state index contributed by atoms with van der Waals surface area (Å²) in [6, 6.07) is 14.7. The highest BCUT2D eigenvalue weighted by Gasteiger charge is 2.16. The minimum Gasteiger partial charge on any atom is -0.486 e. The second-order valence-electron chi connectivity index (χ2n) is 4.88. The van der Waals surface area contributed by atoms with E-state index in [1.54, 1.807) is 18.0 Å². The van der Waals surface area contributed by atoms with Gasteiger partial charge >= 0.3 is 0 Å². The van der Waals surface area contributed by atoms with Gasteiger partial charge in [0.2, 0.25) is 0 Å². The fourth-order valence-electron chi connectivity index (χ4n) is 2.14. The summed E-state index contributed by atoms with van der Waals surface area (Å²) >= 11 is 0. The summed E-state index contributed by atoms with van der Waals surface area (Å²) in [5.74, 6) is 1.90. The number of benzene rings is 2. The minimum atomic E-state index is -0.138. The molecule has 2 aromatic carbocycles. The van der Waals surface area contributed by atoms with Crippen LogP contribution in [-0.4, -0.2) is 32.8 Å². The van der Waals surface area contributed by atoms with Crippen LogP contribution in [0.1, 0.15) is 0 Å². The highest BCUT2D eigenvalue weighted by Crippen LogP contribution is 2.33. The molecule has 0 unspecified atom stereocenters. The van der Waals surface area contributed by atoms with Crippen LogP contribution in [0.15, 0.2) is 48.5 Å². The zero-order chi connectivity index (χ0) is 15.4. The van der Waals surface area contributed by atoms with Gasteiger partial charge in [-0.1, -0.05) is 18.2 Å². The topological polar surface area (TPSA) is 48.0 Å². The summed E-state index contributed by atoms with van der Waals surface area (Å²) < 4.78 is 16.5. The highest BCUT2D eigenvalue weighted by molar-refractivity contribution is 5.94. The molecule has 22 heavy (non-hydrogen) atoms. The predicted octanol–water partition coefficient (Wildman–Crippen LogP) is 2.50. The Morgan fingerprint density at radius 1 is 1.09 bits per heavy atom. The maximum atomic E-state index is 12.2. The lowest BCUT2D eigenvalue weighted by molar-refractivity contribution is -0.120. The van der Waals surface area contributed by atoms with Gasteiger partial charge in [0.1, 0.15) is 19.0 Å². The Labute approximate surface area is 129 Å². The number of amides is 1. The maximum Gasteiger partial charge on any atom is 0.264 e. The molecule has 0 radical (unpaired) electrons. The van der Waals surface area contributed by atoms with E-state index in [1.165, 1.54) is 0 Å². The Kier molecular flexibility index (Phi) is 4.14. The molecule has 0 N–H and O–H groups in total. The average molecular weight is 299 g/mol. The Morgan fingerprint density at radius 3 is 2.59 bits per heavy atom. The van der Waals surface area contributed by atoms with Crippen molar-refractivity contribution in [2.75, 3.05) is 31.8 Å². The lowest BCUT2D eigenvalue weighted by Crippen LogP contribution is -2.31. The van der Waals surface area contributed by atoms with Gasteiger partial charge in [0, 0.05) is 18.8 Å². The molecule has 1 aliphatic heterocycles. The van der Waals surface area contributed by atoms with Gasteiger partial charge < -0.3 is 19.1 Å². The number of carbonyl (C=O) groups excluding carboxylic acids is 1. The van der Waals surface area contributed by atoms with Crippen molar-refractivity contribution in [3.63, 3.8) is 0 Å². The van der Waals surface area contributed by atoms with Crippen molar-refractivity contribution in [1.29, 1.82) is 0 Å². The first-order chi connectivity index (χ1) is 10.7. The third-order valence-electron chi connectivity index (χ3n) is 3.39. The van der Waals surface area contributed by atoms with Crippen LogP contribution in [-0.2, 0) is 4.79 Å². The van der Waals surface area contributed by atoms with Crippen molar-refractivity contribution in [1.82, 2.24) is 0 Å². The SMILES string of the molecule is CN(C(=O)COc1ccccc1)c1ccc2c(c1)OCCO2. The molecule has 0 fully saturated rings. The third kappa shape index (κ3) is 3.14. The van der Waals surface area contributed by atoms with Gasteiger partial charge in [-0.25, -0.2) is 0 Å². The number of likely N-dealkylation sites (N-methyl/N-ethyl adjacent to an activating group) is 1. The van der Waals surface area contributed by atoms with Crippen molar-refractivity contribution in [3.05, 3.63) is 48.5 Å². The molecule has 0 saturated carbocycles. The van der Waals surface area contributed by atoms with Crippen LogP contribution in [0.2, 0.25) is 0 Å². The molecule has 0 bridgehead atoms. The van der Waals surface area contributed by atoms with E-state index in [4.69, 9.17) is 14.2 Å². The summed E-state index contributed by atoms with van der Waals surface area (Å²) in [5, 5.41) is 0. The lowest BCUT2D eigenvalue weighted by atomic mass is 10.2. The van der Waals surface area contributed by atoms with Crippen molar-refractivity contribution in [3.8, 4) is 17.2 Å². The van der Waals surface area contributed by atoms with E-state index < -0.39 is 0 Å². The maximum absolute atomic E-state index is 12.2. The van der Waals surface area contributed by atoms with Gasteiger partial charge in [0.25, 0.3) is 5.91 Å². The van der Waals surface area contributed by atoms with E-state index in [0.29, 0.717) is 30.5 Å². The van der Waals surface area contributed by atoms with Gasteiger partial charge in [-0.3, -0.25) is 4.79 Å². The molecular weight excluding hydrogens is 282 g/mol. The molecule has 0 spiro atoms. The minimum absolute atomic E-state index is 0.0189. The molecule has 0 aliphatic carbocycles. The van der Waals surface area contributed by atoms with E-state index in [2.05, 4.69) is 0 Å². The number of ether oxygens (including phenoxy) is 3. The summed E-state index contributed by atoms with van der Waals surface area (Å²) in [5.41, 5.74) is 0.742. The molecule has 3 rings (SSSR count). The molecule has 0 saturated heterocycles. The number of hydrogen-bond donors (Lipinski definition) is 0. The zero-order valence-corrected chi connectivity index (χ0v) is 12.3. The van der Waals surface area contributed by atoms with Crippen LogP contribution in [0.3, 0.4) is 0 Å². The summed E-state index contributed by atoms with van der Waals surface area (Å²) in [7, 11) is 1.71. The van der Waals surface area contributed by atoms with Crippen LogP contribution < -0.4 is 19.1 Å². The van der Waals surface area contributed by atoms with Crippen LogP contribution in [0.5, 0.6) is 17.2 Å². The van der Waals surface area contributed by atoms with Crippen molar-refractivity contribution < 1.29 is 19.0 Å². The molecule has 1 aliphatic rings. The molecule has 1 amide bonds. The van der Waals surface area contributed by atoms with Gasteiger partial charge in [-0.15, -0.1) is 0 Å². The zero-order valence-electron chi connectivity index (χ0n) is 12.3. The summed E-state index contributed by atoms with van der Waals surface area (Å²) in [6.45, 7) is 1.05. The van der Waals surface area contributed by atoms with E-state index in [9.17, 15) is 4.79 Å².